The maximum atomic E-state index is 13.0. The number of carbonyl (C=O) groups excluding carboxylic acids is 4. The number of amides is 4. The maximum Gasteiger partial charge on any atom is 0.319 e. The van der Waals surface area contributed by atoms with Gasteiger partial charge in [0.2, 0.25) is 5.91 Å². The molecule has 0 aromatic heterocycles. The highest BCUT2D eigenvalue weighted by atomic mass is 35.5. The van der Waals surface area contributed by atoms with E-state index in [-0.39, 0.29) is 49.2 Å². The number of aldehydes is 1. The van der Waals surface area contributed by atoms with Crippen LogP contribution in [0.15, 0.2) is 36.4 Å². The largest absolute Gasteiger partial charge is 0.357 e. The van der Waals surface area contributed by atoms with Crippen molar-refractivity contribution in [3.05, 3.63) is 63.7 Å². The van der Waals surface area contributed by atoms with Gasteiger partial charge in [-0.3, -0.25) is 9.59 Å². The van der Waals surface area contributed by atoms with E-state index in [1.54, 1.807) is 18.2 Å². The number of hydrogen-bond donors (Lipinski definition) is 3. The van der Waals surface area contributed by atoms with Gasteiger partial charge in [-0.1, -0.05) is 43.6 Å². The average molecular weight is 499 g/mol. The zero-order chi connectivity index (χ0) is 25.7. The summed E-state index contributed by atoms with van der Waals surface area (Å²) >= 11 is 6.16. The first-order valence-electron chi connectivity index (χ1n) is 11.6. The number of carbonyl (C=O) groups is 4. The minimum atomic E-state index is -0.723. The Morgan fingerprint density at radius 2 is 1.91 bits per heavy atom. The zero-order valence-corrected chi connectivity index (χ0v) is 21.1. The monoisotopic (exact) mass is 498 g/mol. The van der Waals surface area contributed by atoms with Crippen LogP contribution in [0.2, 0.25) is 5.02 Å². The lowest BCUT2D eigenvalue weighted by molar-refractivity contribution is -0.125. The van der Waals surface area contributed by atoms with Gasteiger partial charge in [0, 0.05) is 36.3 Å². The second kappa shape index (κ2) is 11.4. The van der Waals surface area contributed by atoms with Crippen LogP contribution in [0.5, 0.6) is 0 Å². The van der Waals surface area contributed by atoms with Crippen molar-refractivity contribution >= 4 is 41.4 Å². The molecule has 9 heteroatoms. The average Bonchev–Trinajstić information content (AvgIpc) is 3.15. The molecule has 35 heavy (non-hydrogen) atoms. The van der Waals surface area contributed by atoms with Gasteiger partial charge in [0.1, 0.15) is 12.3 Å². The number of fused-ring (bicyclic) bond motifs is 1. The van der Waals surface area contributed by atoms with Gasteiger partial charge in [-0.15, -0.1) is 0 Å². The number of benzene rings is 2. The van der Waals surface area contributed by atoms with E-state index in [0.29, 0.717) is 16.3 Å². The number of urea groups is 1. The van der Waals surface area contributed by atoms with Crippen LogP contribution in [-0.2, 0) is 16.1 Å². The molecular formula is C26H31ClN4O4. The summed E-state index contributed by atoms with van der Waals surface area (Å²) in [5.74, 6) is -0.475. The SMILES string of the molecule is CNC(=O)C(CCC=O)N1Cc2cc(C(NC(=O)Nc3ccc(C)c(Cl)c3)C(C)C)ccc2C1=O. The van der Waals surface area contributed by atoms with E-state index in [0.717, 1.165) is 23.0 Å². The smallest absolute Gasteiger partial charge is 0.319 e. The highest BCUT2D eigenvalue weighted by Gasteiger charge is 2.36. The highest BCUT2D eigenvalue weighted by molar-refractivity contribution is 6.31. The molecule has 1 aliphatic heterocycles. The first-order chi connectivity index (χ1) is 16.7. The molecule has 1 heterocycles. The van der Waals surface area contributed by atoms with Gasteiger partial charge in [-0.2, -0.15) is 0 Å². The fourth-order valence-corrected chi connectivity index (χ4v) is 4.42. The Morgan fingerprint density at radius 3 is 2.54 bits per heavy atom. The number of nitrogens with one attached hydrogen (secondary N) is 3. The Balaban J connectivity index is 1.79. The Kier molecular flexibility index (Phi) is 8.51. The second-order valence-corrected chi connectivity index (χ2v) is 9.42. The lowest BCUT2D eigenvalue weighted by Gasteiger charge is -2.25. The van der Waals surface area contributed by atoms with Crippen LogP contribution in [0, 0.1) is 12.8 Å². The fourth-order valence-electron chi connectivity index (χ4n) is 4.24. The Morgan fingerprint density at radius 1 is 1.17 bits per heavy atom. The molecule has 2 unspecified atom stereocenters. The number of anilines is 1. The molecule has 0 fully saturated rings. The molecule has 186 valence electrons. The first kappa shape index (κ1) is 26.2. The van der Waals surface area contributed by atoms with Crippen LogP contribution in [0.4, 0.5) is 10.5 Å². The summed E-state index contributed by atoms with van der Waals surface area (Å²) < 4.78 is 0. The first-order valence-corrected chi connectivity index (χ1v) is 12.0. The Hall–Kier alpha value is -3.39. The molecule has 0 aliphatic carbocycles. The van der Waals surface area contributed by atoms with Crippen molar-refractivity contribution in [2.45, 2.75) is 52.2 Å². The normalized spacial score (nSPS) is 14.3. The Bertz CT molecular complexity index is 1130. The third-order valence-corrected chi connectivity index (χ3v) is 6.59. The van der Waals surface area contributed by atoms with E-state index in [9.17, 15) is 19.2 Å². The van der Waals surface area contributed by atoms with Crippen LogP contribution < -0.4 is 16.0 Å². The Labute approximate surface area is 210 Å². The predicted molar refractivity (Wildman–Crippen MR) is 135 cm³/mol. The van der Waals surface area contributed by atoms with Crippen LogP contribution in [0.1, 0.15) is 59.8 Å². The molecule has 0 bridgehead atoms. The van der Waals surface area contributed by atoms with Gasteiger partial charge in [0.15, 0.2) is 0 Å². The zero-order valence-electron chi connectivity index (χ0n) is 20.4. The van der Waals surface area contributed by atoms with Gasteiger partial charge >= 0.3 is 6.03 Å². The third kappa shape index (κ3) is 6.00. The van der Waals surface area contributed by atoms with E-state index in [2.05, 4.69) is 16.0 Å². The minimum absolute atomic E-state index is 0.0693. The van der Waals surface area contributed by atoms with E-state index in [4.69, 9.17) is 11.6 Å². The van der Waals surface area contributed by atoms with Crippen molar-refractivity contribution in [3.63, 3.8) is 0 Å². The van der Waals surface area contributed by atoms with Gasteiger partial charge in [-0.05, 0) is 54.2 Å². The van der Waals surface area contributed by atoms with Crippen molar-refractivity contribution < 1.29 is 19.2 Å². The molecule has 0 radical (unpaired) electrons. The van der Waals surface area contributed by atoms with Crippen molar-refractivity contribution in [2.24, 2.45) is 5.92 Å². The van der Waals surface area contributed by atoms with Crippen LogP contribution in [0.25, 0.3) is 0 Å². The fraction of sp³-hybridized carbons (Fsp3) is 0.385. The van der Waals surface area contributed by atoms with Gasteiger partial charge < -0.3 is 25.6 Å². The van der Waals surface area contributed by atoms with Crippen molar-refractivity contribution in [2.75, 3.05) is 12.4 Å². The molecule has 2 atom stereocenters. The summed E-state index contributed by atoms with van der Waals surface area (Å²) in [5.41, 5.74) is 3.67. The molecular weight excluding hydrogens is 468 g/mol. The van der Waals surface area contributed by atoms with Crippen LogP contribution in [0.3, 0.4) is 0 Å². The second-order valence-electron chi connectivity index (χ2n) is 9.01. The van der Waals surface area contributed by atoms with Crippen LogP contribution in [-0.4, -0.2) is 42.1 Å². The van der Waals surface area contributed by atoms with E-state index >= 15 is 0 Å². The van der Waals surface area contributed by atoms with Crippen molar-refractivity contribution in [1.29, 1.82) is 0 Å². The lowest BCUT2D eigenvalue weighted by atomic mass is 9.93. The third-order valence-electron chi connectivity index (χ3n) is 6.19. The molecule has 2 aromatic rings. The molecule has 3 N–H and O–H groups in total. The molecule has 3 rings (SSSR count). The van der Waals surface area contributed by atoms with Gasteiger partial charge in [0.25, 0.3) is 5.91 Å². The summed E-state index contributed by atoms with van der Waals surface area (Å²) in [6.07, 6.45) is 1.19. The van der Waals surface area contributed by atoms with E-state index in [1.165, 1.54) is 11.9 Å². The number of rotatable bonds is 9. The quantitative estimate of drug-likeness (QED) is 0.450. The number of likely N-dealkylation sites (N-methyl/N-ethyl adjacent to an activating group) is 1. The van der Waals surface area contributed by atoms with Crippen LogP contribution >= 0.6 is 11.6 Å². The number of nitrogens with zero attached hydrogens (tertiary/aromatic N) is 1. The molecule has 0 spiro atoms. The minimum Gasteiger partial charge on any atom is -0.357 e. The molecule has 0 saturated heterocycles. The highest BCUT2D eigenvalue weighted by Crippen LogP contribution is 2.31. The molecule has 8 nitrogen and oxygen atoms in total. The number of halogens is 1. The molecule has 1 aliphatic rings. The lowest BCUT2D eigenvalue weighted by Crippen LogP contribution is -2.46. The van der Waals surface area contributed by atoms with Gasteiger partial charge in [0.05, 0.1) is 6.04 Å². The number of aryl methyl sites for hydroxylation is 1. The summed E-state index contributed by atoms with van der Waals surface area (Å²) in [6, 6.07) is 9.39. The van der Waals surface area contributed by atoms with Gasteiger partial charge in [-0.25, -0.2) is 4.79 Å². The van der Waals surface area contributed by atoms with Crippen molar-refractivity contribution in [3.8, 4) is 0 Å². The van der Waals surface area contributed by atoms with E-state index in [1.807, 2.05) is 39.0 Å². The maximum absolute atomic E-state index is 13.0. The summed E-state index contributed by atoms with van der Waals surface area (Å²) in [4.78, 5) is 50.5. The molecule has 2 aromatic carbocycles. The summed E-state index contributed by atoms with van der Waals surface area (Å²) in [6.45, 7) is 6.15. The summed E-state index contributed by atoms with van der Waals surface area (Å²) in [7, 11) is 1.51. The predicted octanol–water partition coefficient (Wildman–Crippen LogP) is 4.22. The van der Waals surface area contributed by atoms with E-state index < -0.39 is 6.04 Å². The van der Waals surface area contributed by atoms with Crippen molar-refractivity contribution in [1.82, 2.24) is 15.5 Å². The topological polar surface area (TPSA) is 108 Å². The molecule has 4 amide bonds. The molecule has 0 saturated carbocycles. The standard InChI is InChI=1S/C26H31ClN4O4/c1-15(2)23(30-26(35)29-19-9-7-16(3)21(27)13-19)17-8-10-20-18(12-17)14-31(25(20)34)22(6-5-11-32)24(33)28-4/h7-13,15,22-23H,5-6,14H2,1-4H3,(H,28,33)(H2,29,30,35). The number of hydrogen-bond acceptors (Lipinski definition) is 4. The summed E-state index contributed by atoms with van der Waals surface area (Å²) in [5, 5.41) is 8.98.